The molecule has 0 atom stereocenters. The third-order valence-corrected chi connectivity index (χ3v) is 3.61. The van der Waals surface area contributed by atoms with Crippen molar-refractivity contribution in [3.8, 4) is 0 Å². The van der Waals surface area contributed by atoms with Gasteiger partial charge in [0.15, 0.2) is 5.82 Å². The summed E-state index contributed by atoms with van der Waals surface area (Å²) >= 11 is 0. The Labute approximate surface area is 103 Å². The highest BCUT2D eigenvalue weighted by molar-refractivity contribution is 5.19. The van der Waals surface area contributed by atoms with Crippen molar-refractivity contribution in [3.63, 3.8) is 0 Å². The van der Waals surface area contributed by atoms with Crippen LogP contribution < -0.4 is 5.32 Å². The Kier molecular flexibility index (Phi) is 3.74. The third-order valence-electron chi connectivity index (χ3n) is 3.61. The highest BCUT2D eigenvalue weighted by Gasteiger charge is 2.41. The van der Waals surface area contributed by atoms with Gasteiger partial charge < -0.3 is 10.1 Å². The van der Waals surface area contributed by atoms with E-state index < -0.39 is 0 Å². The molecule has 0 saturated heterocycles. The van der Waals surface area contributed by atoms with Crippen LogP contribution in [-0.2, 0) is 16.9 Å². The van der Waals surface area contributed by atoms with Crippen molar-refractivity contribution in [1.82, 2.24) is 15.3 Å². The summed E-state index contributed by atoms with van der Waals surface area (Å²) in [5, 5.41) is 3.29. The predicted octanol–water partition coefficient (Wildman–Crippen LogP) is 1.92. The lowest BCUT2D eigenvalue weighted by Crippen LogP contribution is -2.38. The van der Waals surface area contributed by atoms with Crippen LogP contribution >= 0.6 is 0 Å². The Morgan fingerprint density at radius 2 is 2.24 bits per heavy atom. The quantitative estimate of drug-likeness (QED) is 0.847. The first-order valence-corrected chi connectivity index (χ1v) is 6.30. The Balaban J connectivity index is 2.18. The van der Waals surface area contributed by atoms with Gasteiger partial charge in [0.25, 0.3) is 0 Å². The number of aromatic nitrogens is 2. The van der Waals surface area contributed by atoms with Crippen molar-refractivity contribution in [2.75, 3.05) is 13.7 Å². The second-order valence-corrected chi connectivity index (χ2v) is 4.64. The van der Waals surface area contributed by atoms with Gasteiger partial charge in [-0.3, -0.25) is 0 Å². The SMILES string of the molecule is CCNCc1cnc(C2(OC)CCC2)nc1C. The van der Waals surface area contributed by atoms with E-state index in [0.29, 0.717) is 0 Å². The normalized spacial score (nSPS) is 17.8. The fraction of sp³-hybridized carbons (Fsp3) is 0.692. The van der Waals surface area contributed by atoms with E-state index in [1.165, 1.54) is 12.0 Å². The average molecular weight is 235 g/mol. The molecule has 4 heteroatoms. The van der Waals surface area contributed by atoms with Crippen LogP contribution in [0.1, 0.15) is 43.3 Å². The van der Waals surface area contributed by atoms with Crippen LogP contribution in [0.5, 0.6) is 0 Å². The minimum atomic E-state index is -0.207. The number of hydrogen-bond acceptors (Lipinski definition) is 4. The van der Waals surface area contributed by atoms with Gasteiger partial charge in [0.1, 0.15) is 5.60 Å². The molecule has 4 nitrogen and oxygen atoms in total. The van der Waals surface area contributed by atoms with Crippen LogP contribution in [-0.4, -0.2) is 23.6 Å². The van der Waals surface area contributed by atoms with Crippen LogP contribution in [0.3, 0.4) is 0 Å². The second-order valence-electron chi connectivity index (χ2n) is 4.64. The number of nitrogens with zero attached hydrogens (tertiary/aromatic N) is 2. The van der Waals surface area contributed by atoms with Gasteiger partial charge >= 0.3 is 0 Å². The first-order valence-electron chi connectivity index (χ1n) is 6.30. The molecule has 1 heterocycles. The fourth-order valence-electron chi connectivity index (χ4n) is 2.16. The maximum absolute atomic E-state index is 5.60. The molecule has 0 bridgehead atoms. The van der Waals surface area contributed by atoms with Gasteiger partial charge in [-0.05, 0) is 32.7 Å². The van der Waals surface area contributed by atoms with Crippen LogP contribution in [0.4, 0.5) is 0 Å². The van der Waals surface area contributed by atoms with Crippen molar-refractivity contribution in [2.24, 2.45) is 0 Å². The molecule has 0 aliphatic heterocycles. The standard InChI is InChI=1S/C13H21N3O/c1-4-14-8-11-9-15-12(16-10(11)2)13(17-3)6-5-7-13/h9,14H,4-8H2,1-3H3. The Bertz CT molecular complexity index is 383. The van der Waals surface area contributed by atoms with E-state index in [1.54, 1.807) is 7.11 Å². The third kappa shape index (κ3) is 2.33. The molecule has 0 aromatic carbocycles. The molecule has 0 spiro atoms. The zero-order chi connectivity index (χ0) is 12.3. The van der Waals surface area contributed by atoms with Gasteiger partial charge in [0.05, 0.1) is 0 Å². The van der Waals surface area contributed by atoms with E-state index in [0.717, 1.165) is 37.4 Å². The number of ether oxygens (including phenoxy) is 1. The van der Waals surface area contributed by atoms with E-state index in [-0.39, 0.29) is 5.60 Å². The topological polar surface area (TPSA) is 47.0 Å². The zero-order valence-electron chi connectivity index (χ0n) is 10.9. The van der Waals surface area contributed by atoms with Gasteiger partial charge in [-0.2, -0.15) is 0 Å². The maximum Gasteiger partial charge on any atom is 0.160 e. The molecule has 2 rings (SSSR count). The zero-order valence-corrected chi connectivity index (χ0v) is 10.9. The number of rotatable bonds is 5. The molecule has 1 N–H and O–H groups in total. The van der Waals surface area contributed by atoms with E-state index in [9.17, 15) is 0 Å². The van der Waals surface area contributed by atoms with Gasteiger partial charge in [0, 0.05) is 31.1 Å². The monoisotopic (exact) mass is 235 g/mol. The van der Waals surface area contributed by atoms with Crippen molar-refractivity contribution < 1.29 is 4.74 Å². The highest BCUT2D eigenvalue weighted by Crippen LogP contribution is 2.42. The molecule has 1 saturated carbocycles. The number of methoxy groups -OCH3 is 1. The second kappa shape index (κ2) is 5.10. The summed E-state index contributed by atoms with van der Waals surface area (Å²) < 4.78 is 5.60. The lowest BCUT2D eigenvalue weighted by atomic mass is 9.79. The van der Waals surface area contributed by atoms with E-state index in [1.807, 2.05) is 13.1 Å². The molecule has 17 heavy (non-hydrogen) atoms. The average Bonchev–Trinajstić information content (AvgIpc) is 2.27. The smallest absolute Gasteiger partial charge is 0.160 e. The molecular weight excluding hydrogens is 214 g/mol. The van der Waals surface area contributed by atoms with Crippen LogP contribution in [0.25, 0.3) is 0 Å². The fourth-order valence-corrected chi connectivity index (χ4v) is 2.16. The van der Waals surface area contributed by atoms with Gasteiger partial charge in [-0.15, -0.1) is 0 Å². The number of nitrogens with one attached hydrogen (secondary N) is 1. The van der Waals surface area contributed by atoms with Gasteiger partial charge in [-0.25, -0.2) is 9.97 Å². The van der Waals surface area contributed by atoms with E-state index in [4.69, 9.17) is 4.74 Å². The first kappa shape index (κ1) is 12.5. The summed E-state index contributed by atoms with van der Waals surface area (Å²) in [4.78, 5) is 9.10. The molecular formula is C13H21N3O. The number of hydrogen-bond donors (Lipinski definition) is 1. The van der Waals surface area contributed by atoms with E-state index >= 15 is 0 Å². The first-order chi connectivity index (χ1) is 8.22. The molecule has 0 radical (unpaired) electrons. The molecule has 1 fully saturated rings. The van der Waals surface area contributed by atoms with Crippen molar-refractivity contribution in [3.05, 3.63) is 23.3 Å². The minimum Gasteiger partial charge on any atom is -0.370 e. The summed E-state index contributed by atoms with van der Waals surface area (Å²) in [5.74, 6) is 0.851. The van der Waals surface area contributed by atoms with Gasteiger partial charge in [0.2, 0.25) is 0 Å². The van der Waals surface area contributed by atoms with Crippen LogP contribution in [0.15, 0.2) is 6.20 Å². The summed E-state index contributed by atoms with van der Waals surface area (Å²) in [6.45, 7) is 5.94. The number of aryl methyl sites for hydroxylation is 1. The lowest BCUT2D eigenvalue weighted by molar-refractivity contribution is -0.0848. The molecule has 1 aromatic heterocycles. The summed E-state index contributed by atoms with van der Waals surface area (Å²) in [5.41, 5.74) is 2.02. The Morgan fingerprint density at radius 1 is 1.47 bits per heavy atom. The molecule has 0 amide bonds. The molecule has 1 aliphatic rings. The molecule has 1 aromatic rings. The van der Waals surface area contributed by atoms with E-state index in [2.05, 4.69) is 22.2 Å². The van der Waals surface area contributed by atoms with Crippen molar-refractivity contribution in [1.29, 1.82) is 0 Å². The Morgan fingerprint density at radius 3 is 2.71 bits per heavy atom. The predicted molar refractivity (Wildman–Crippen MR) is 66.7 cm³/mol. The lowest BCUT2D eigenvalue weighted by Gasteiger charge is -2.38. The minimum absolute atomic E-state index is 0.207. The highest BCUT2D eigenvalue weighted by atomic mass is 16.5. The van der Waals surface area contributed by atoms with Crippen LogP contribution in [0, 0.1) is 6.92 Å². The summed E-state index contributed by atoms with van der Waals surface area (Å²) in [7, 11) is 1.75. The summed E-state index contributed by atoms with van der Waals surface area (Å²) in [6, 6.07) is 0. The molecule has 0 unspecified atom stereocenters. The molecule has 94 valence electrons. The Hall–Kier alpha value is -1.00. The maximum atomic E-state index is 5.60. The van der Waals surface area contributed by atoms with Gasteiger partial charge in [-0.1, -0.05) is 6.92 Å². The van der Waals surface area contributed by atoms with Crippen molar-refractivity contribution in [2.45, 2.75) is 45.3 Å². The van der Waals surface area contributed by atoms with Crippen molar-refractivity contribution >= 4 is 0 Å². The summed E-state index contributed by atoms with van der Waals surface area (Å²) in [6.07, 6.45) is 5.21. The molecule has 1 aliphatic carbocycles. The largest absolute Gasteiger partial charge is 0.370 e. The van der Waals surface area contributed by atoms with Crippen LogP contribution in [0.2, 0.25) is 0 Å².